The van der Waals surface area contributed by atoms with Gasteiger partial charge in [-0.15, -0.1) is 0 Å². The van der Waals surface area contributed by atoms with Crippen molar-refractivity contribution >= 4 is 51.8 Å². The Hall–Kier alpha value is -5.33. The summed E-state index contributed by atoms with van der Waals surface area (Å²) in [7, 11) is 2.31. The Morgan fingerprint density at radius 3 is 2.38 bits per heavy atom. The van der Waals surface area contributed by atoms with E-state index < -0.39 is 46.1 Å². The van der Waals surface area contributed by atoms with Crippen molar-refractivity contribution in [3.05, 3.63) is 71.4 Å². The lowest BCUT2D eigenvalue weighted by atomic mass is 10.0. The van der Waals surface area contributed by atoms with Crippen molar-refractivity contribution in [2.45, 2.75) is 20.3 Å². The van der Waals surface area contributed by atoms with E-state index in [0.717, 1.165) is 25.8 Å². The molecule has 0 saturated carbocycles. The summed E-state index contributed by atoms with van der Waals surface area (Å²) in [5.74, 6) is -5.28. The van der Waals surface area contributed by atoms with Crippen LogP contribution >= 0.6 is 0 Å². The molecule has 11 nitrogen and oxygen atoms in total. The molecule has 0 bridgehead atoms. The van der Waals surface area contributed by atoms with Gasteiger partial charge in [-0.1, -0.05) is 13.5 Å². The van der Waals surface area contributed by atoms with Gasteiger partial charge in [-0.2, -0.15) is 0 Å². The monoisotopic (exact) mass is 579 g/mol. The summed E-state index contributed by atoms with van der Waals surface area (Å²) in [6, 6.07) is 2.48. The summed E-state index contributed by atoms with van der Waals surface area (Å²) in [6.07, 6.45) is 5.16. The van der Waals surface area contributed by atoms with Crippen LogP contribution in [0.2, 0.25) is 0 Å². The third-order valence-electron chi connectivity index (χ3n) is 6.23. The summed E-state index contributed by atoms with van der Waals surface area (Å²) < 4.78 is 46.0. The number of methoxy groups -OCH3 is 2. The molecule has 1 amide bonds. The van der Waals surface area contributed by atoms with E-state index in [0.29, 0.717) is 23.2 Å². The topological polar surface area (TPSA) is 145 Å². The zero-order valence-electron chi connectivity index (χ0n) is 23.2. The molecule has 4 rings (SSSR count). The minimum absolute atomic E-state index is 0.0452. The summed E-state index contributed by atoms with van der Waals surface area (Å²) in [5.41, 5.74) is 1.19. The van der Waals surface area contributed by atoms with Crippen LogP contribution in [0.15, 0.2) is 47.3 Å². The minimum Gasteiger partial charge on any atom is -0.494 e. The van der Waals surface area contributed by atoms with E-state index in [1.807, 2.05) is 0 Å². The van der Waals surface area contributed by atoms with Crippen LogP contribution in [-0.2, 0) is 9.59 Å². The number of nitrogens with zero attached hydrogens (tertiary/aromatic N) is 2. The second kappa shape index (κ2) is 12.5. The summed E-state index contributed by atoms with van der Waals surface area (Å²) in [5, 5.41) is 9.08. The summed E-state index contributed by atoms with van der Waals surface area (Å²) >= 11 is 0. The van der Waals surface area contributed by atoms with E-state index in [9.17, 15) is 14.4 Å². The minimum atomic E-state index is -1.26. The molecule has 218 valence electrons. The number of furan rings is 1. The van der Waals surface area contributed by atoms with E-state index in [-0.39, 0.29) is 35.4 Å². The van der Waals surface area contributed by atoms with E-state index in [1.165, 1.54) is 12.3 Å². The molecule has 0 fully saturated rings. The zero-order valence-corrected chi connectivity index (χ0v) is 23.2. The van der Waals surface area contributed by atoms with Crippen LogP contribution in [0.1, 0.15) is 35.0 Å². The van der Waals surface area contributed by atoms with Crippen molar-refractivity contribution in [2.24, 2.45) is 0 Å². The molecule has 0 unspecified atom stereocenters. The molecule has 13 heteroatoms. The number of amides is 1. The number of pyridine rings is 2. The number of halogens is 2. The first-order valence-electron chi connectivity index (χ1n) is 12.6. The third-order valence-corrected chi connectivity index (χ3v) is 6.23. The van der Waals surface area contributed by atoms with Crippen LogP contribution in [0, 0.1) is 18.6 Å². The van der Waals surface area contributed by atoms with E-state index >= 15 is 8.78 Å². The largest absolute Gasteiger partial charge is 0.494 e. The number of aromatic nitrogens is 2. The van der Waals surface area contributed by atoms with Crippen molar-refractivity contribution in [1.29, 1.82) is 0 Å². The molecule has 42 heavy (non-hydrogen) atoms. The molecular formula is C29H27F2N5O6. The molecule has 0 aliphatic heterocycles. The highest BCUT2D eigenvalue weighted by atomic mass is 19.1. The fourth-order valence-electron chi connectivity index (χ4n) is 4.03. The predicted molar refractivity (Wildman–Crippen MR) is 152 cm³/mol. The number of hydrogen-bond donors (Lipinski definition) is 3. The highest BCUT2D eigenvalue weighted by Gasteiger charge is 2.32. The Labute approximate surface area is 238 Å². The van der Waals surface area contributed by atoms with Crippen molar-refractivity contribution in [1.82, 2.24) is 9.97 Å². The number of anilines is 4. The zero-order chi connectivity index (χ0) is 30.6. The maximum Gasteiger partial charge on any atom is 0.236 e. The SMILES string of the molecule is C=C(C=O)CNc1cncc(C)c1Nc1cc2c(NC(=O)CC)c(C(=O)c3c(F)c(OC)cc(OC)c3F)oc2cn1. The number of benzene rings is 1. The van der Waals surface area contributed by atoms with Gasteiger partial charge < -0.3 is 29.8 Å². The number of nitrogens with one attached hydrogen (secondary N) is 3. The van der Waals surface area contributed by atoms with Crippen molar-refractivity contribution in [2.75, 3.05) is 36.7 Å². The molecule has 0 atom stereocenters. The molecule has 0 radical (unpaired) electrons. The molecule has 3 N–H and O–H groups in total. The molecule has 0 saturated heterocycles. The number of aryl methyl sites for hydroxylation is 1. The molecule has 0 aliphatic rings. The van der Waals surface area contributed by atoms with Gasteiger partial charge in [0.2, 0.25) is 11.7 Å². The smallest absolute Gasteiger partial charge is 0.236 e. The Morgan fingerprint density at radius 2 is 1.76 bits per heavy atom. The summed E-state index contributed by atoms with van der Waals surface area (Å²) in [6.45, 7) is 7.23. The van der Waals surface area contributed by atoms with Crippen LogP contribution in [0.5, 0.6) is 11.5 Å². The molecule has 3 aromatic heterocycles. The predicted octanol–water partition coefficient (Wildman–Crippen LogP) is 5.32. The third kappa shape index (κ3) is 5.75. The average molecular weight is 580 g/mol. The number of fused-ring (bicyclic) bond motifs is 1. The fraction of sp³-hybridized carbons (Fsp3) is 0.207. The van der Waals surface area contributed by atoms with Gasteiger partial charge in [-0.25, -0.2) is 13.8 Å². The number of carbonyl (C=O) groups excluding carboxylic acids is 3. The number of aldehydes is 1. The first kappa shape index (κ1) is 29.6. The van der Waals surface area contributed by atoms with E-state index in [1.54, 1.807) is 26.2 Å². The van der Waals surface area contributed by atoms with E-state index in [4.69, 9.17) is 13.9 Å². The van der Waals surface area contributed by atoms with Crippen LogP contribution in [0.3, 0.4) is 0 Å². The fourth-order valence-corrected chi connectivity index (χ4v) is 4.03. The van der Waals surface area contributed by atoms with Gasteiger partial charge in [-0.05, 0) is 18.6 Å². The number of ketones is 1. The number of carbonyl (C=O) groups is 3. The normalized spacial score (nSPS) is 10.7. The quantitative estimate of drug-likeness (QED) is 0.115. The number of rotatable bonds is 12. The molecule has 4 aromatic rings. The second-order valence-electron chi connectivity index (χ2n) is 9.02. The lowest BCUT2D eigenvalue weighted by molar-refractivity contribution is -0.115. The molecular weight excluding hydrogens is 552 g/mol. The van der Waals surface area contributed by atoms with Crippen LogP contribution in [-0.4, -0.2) is 48.7 Å². The van der Waals surface area contributed by atoms with Crippen LogP contribution in [0.25, 0.3) is 11.0 Å². The first-order chi connectivity index (χ1) is 20.1. The van der Waals surface area contributed by atoms with Crippen molar-refractivity contribution in [3.63, 3.8) is 0 Å². The van der Waals surface area contributed by atoms with Gasteiger partial charge in [0.15, 0.2) is 34.5 Å². The standard InChI is InChI=1S/C29H27F2N5O6/c1-6-22(38)36-27-16-7-21(35-26-15(3)10-32-11-17(26)33-9-14(2)13-37)34-12-20(16)42-29(27)28(39)23-24(30)18(40-4)8-19(41-5)25(23)31/h7-8,10-13,33H,2,6,9H2,1,3-5H3,(H,36,38)(H,32,34,35). The van der Waals surface area contributed by atoms with Crippen LogP contribution in [0.4, 0.5) is 31.7 Å². The summed E-state index contributed by atoms with van der Waals surface area (Å²) in [4.78, 5) is 45.5. The highest BCUT2D eigenvalue weighted by Crippen LogP contribution is 2.38. The lowest BCUT2D eigenvalue weighted by Gasteiger charge is -2.15. The van der Waals surface area contributed by atoms with Crippen molar-refractivity contribution < 1.29 is 37.1 Å². The Kier molecular flexibility index (Phi) is 8.79. The lowest BCUT2D eigenvalue weighted by Crippen LogP contribution is -2.15. The maximum absolute atomic E-state index is 15.2. The van der Waals surface area contributed by atoms with Gasteiger partial charge in [0.25, 0.3) is 0 Å². The van der Waals surface area contributed by atoms with Crippen molar-refractivity contribution in [3.8, 4) is 11.5 Å². The van der Waals surface area contributed by atoms with Gasteiger partial charge >= 0.3 is 0 Å². The van der Waals surface area contributed by atoms with Gasteiger partial charge in [-0.3, -0.25) is 19.4 Å². The number of hydrogen-bond acceptors (Lipinski definition) is 10. The first-order valence-corrected chi connectivity index (χ1v) is 12.6. The Balaban J connectivity index is 1.83. The Morgan fingerprint density at radius 1 is 1.07 bits per heavy atom. The number of ether oxygens (including phenoxy) is 2. The second-order valence-corrected chi connectivity index (χ2v) is 9.02. The van der Waals surface area contributed by atoms with Gasteiger partial charge in [0, 0.05) is 30.8 Å². The molecule has 0 spiro atoms. The van der Waals surface area contributed by atoms with Gasteiger partial charge in [0.05, 0.1) is 49.1 Å². The molecule has 0 aliphatic carbocycles. The highest BCUT2D eigenvalue weighted by molar-refractivity contribution is 6.17. The Bertz CT molecular complexity index is 1690. The van der Waals surface area contributed by atoms with Gasteiger partial charge in [0.1, 0.15) is 17.7 Å². The van der Waals surface area contributed by atoms with Crippen LogP contribution < -0.4 is 25.4 Å². The maximum atomic E-state index is 15.2. The molecule has 1 aromatic carbocycles. The molecule has 3 heterocycles. The van der Waals surface area contributed by atoms with E-state index in [2.05, 4.69) is 32.5 Å². The average Bonchev–Trinajstić information content (AvgIpc) is 3.34.